The van der Waals surface area contributed by atoms with Crippen molar-refractivity contribution < 1.29 is 19.1 Å². The van der Waals surface area contributed by atoms with Crippen LogP contribution in [0.2, 0.25) is 0 Å². The fourth-order valence-corrected chi connectivity index (χ4v) is 3.32. The summed E-state index contributed by atoms with van der Waals surface area (Å²) in [5, 5.41) is 5.07. The Morgan fingerprint density at radius 3 is 2.63 bits per heavy atom. The first-order valence-electron chi connectivity index (χ1n) is 8.79. The molecule has 5 nitrogen and oxygen atoms in total. The normalized spacial score (nSPS) is 15.1. The predicted molar refractivity (Wildman–Crippen MR) is 102 cm³/mol. The van der Waals surface area contributed by atoms with E-state index >= 15 is 0 Å². The molecule has 1 amide bonds. The van der Waals surface area contributed by atoms with E-state index in [1.807, 2.05) is 42.5 Å². The van der Waals surface area contributed by atoms with Crippen LogP contribution in [0.25, 0.3) is 10.8 Å². The molecular formula is C22H19NO4. The van der Waals surface area contributed by atoms with Crippen molar-refractivity contribution in [1.82, 2.24) is 5.32 Å². The Kier molecular flexibility index (Phi) is 4.50. The van der Waals surface area contributed by atoms with Gasteiger partial charge in [0, 0.05) is 12.0 Å². The Morgan fingerprint density at radius 2 is 1.81 bits per heavy atom. The predicted octanol–water partition coefficient (Wildman–Crippen LogP) is 3.36. The number of fused-ring (bicyclic) bond motifs is 2. The number of nitrogens with one attached hydrogen (secondary N) is 1. The summed E-state index contributed by atoms with van der Waals surface area (Å²) < 4.78 is 10.6. The molecule has 0 unspecified atom stereocenters. The molecule has 0 saturated heterocycles. The molecule has 3 aromatic carbocycles. The Balaban J connectivity index is 1.40. The number of esters is 1. The monoisotopic (exact) mass is 361 g/mol. The Bertz CT molecular complexity index is 1030. The minimum atomic E-state index is -0.370. The van der Waals surface area contributed by atoms with Crippen molar-refractivity contribution in [2.75, 3.05) is 13.7 Å². The van der Waals surface area contributed by atoms with Crippen LogP contribution in [0.15, 0.2) is 60.7 Å². The van der Waals surface area contributed by atoms with Crippen LogP contribution < -0.4 is 10.1 Å². The molecule has 0 saturated carbocycles. The van der Waals surface area contributed by atoms with Gasteiger partial charge in [-0.1, -0.05) is 30.3 Å². The van der Waals surface area contributed by atoms with Crippen molar-refractivity contribution in [3.05, 3.63) is 77.4 Å². The lowest BCUT2D eigenvalue weighted by Gasteiger charge is -2.12. The molecule has 1 aliphatic heterocycles. The summed E-state index contributed by atoms with van der Waals surface area (Å²) in [5.74, 6) is 0.244. The number of carbonyl (C=O) groups is 2. The number of carbonyl (C=O) groups excluding carboxylic acids is 2. The third-order valence-electron chi connectivity index (χ3n) is 4.72. The van der Waals surface area contributed by atoms with Gasteiger partial charge in [0.05, 0.1) is 19.2 Å². The molecule has 0 aromatic heterocycles. The van der Waals surface area contributed by atoms with Gasteiger partial charge in [-0.25, -0.2) is 4.79 Å². The van der Waals surface area contributed by atoms with E-state index in [1.165, 1.54) is 7.11 Å². The molecule has 0 radical (unpaired) electrons. The highest BCUT2D eigenvalue weighted by molar-refractivity contribution is 5.98. The summed E-state index contributed by atoms with van der Waals surface area (Å²) in [5.41, 5.74) is 2.07. The Morgan fingerprint density at radius 1 is 1.04 bits per heavy atom. The van der Waals surface area contributed by atoms with Crippen molar-refractivity contribution in [1.29, 1.82) is 0 Å². The average Bonchev–Trinajstić information content (AvgIpc) is 3.13. The smallest absolute Gasteiger partial charge is 0.337 e. The van der Waals surface area contributed by atoms with E-state index in [9.17, 15) is 9.59 Å². The van der Waals surface area contributed by atoms with Crippen molar-refractivity contribution in [3.63, 3.8) is 0 Å². The molecule has 1 heterocycles. The van der Waals surface area contributed by atoms with E-state index in [2.05, 4.69) is 5.32 Å². The maximum Gasteiger partial charge on any atom is 0.337 e. The van der Waals surface area contributed by atoms with Gasteiger partial charge in [0.2, 0.25) is 0 Å². The van der Waals surface area contributed by atoms with Crippen LogP contribution in [0, 0.1) is 0 Å². The van der Waals surface area contributed by atoms with Gasteiger partial charge in [0.1, 0.15) is 11.9 Å². The molecule has 1 aliphatic rings. The maximum absolute atomic E-state index is 12.5. The van der Waals surface area contributed by atoms with E-state index in [0.29, 0.717) is 24.1 Å². The molecule has 3 aromatic rings. The maximum atomic E-state index is 12.5. The van der Waals surface area contributed by atoms with Gasteiger partial charge in [-0.2, -0.15) is 0 Å². The third-order valence-corrected chi connectivity index (χ3v) is 4.72. The first kappa shape index (κ1) is 17.1. The minimum absolute atomic E-state index is 0.129. The molecule has 0 bridgehead atoms. The summed E-state index contributed by atoms with van der Waals surface area (Å²) in [6, 6.07) is 18.8. The number of hydrogen-bond acceptors (Lipinski definition) is 4. The molecule has 0 spiro atoms. The number of hydrogen-bond donors (Lipinski definition) is 1. The Hall–Kier alpha value is -3.34. The molecule has 27 heavy (non-hydrogen) atoms. The Labute approximate surface area is 156 Å². The lowest BCUT2D eigenvalue weighted by molar-refractivity contribution is 0.0600. The lowest BCUT2D eigenvalue weighted by Crippen LogP contribution is -2.34. The largest absolute Gasteiger partial charge is 0.488 e. The number of amides is 1. The second-order valence-electron chi connectivity index (χ2n) is 6.53. The van der Waals surface area contributed by atoms with Crippen LogP contribution in [-0.2, 0) is 11.2 Å². The first-order chi connectivity index (χ1) is 13.1. The van der Waals surface area contributed by atoms with Crippen LogP contribution in [-0.4, -0.2) is 31.6 Å². The van der Waals surface area contributed by atoms with E-state index < -0.39 is 0 Å². The van der Waals surface area contributed by atoms with E-state index in [4.69, 9.17) is 9.47 Å². The zero-order chi connectivity index (χ0) is 18.8. The second kappa shape index (κ2) is 7.11. The summed E-state index contributed by atoms with van der Waals surface area (Å²) in [6.45, 7) is 0.397. The minimum Gasteiger partial charge on any atom is -0.488 e. The van der Waals surface area contributed by atoms with E-state index in [0.717, 1.165) is 22.1 Å². The second-order valence-corrected chi connectivity index (χ2v) is 6.53. The number of benzene rings is 3. The number of rotatable bonds is 4. The van der Waals surface area contributed by atoms with Gasteiger partial charge < -0.3 is 14.8 Å². The summed E-state index contributed by atoms with van der Waals surface area (Å²) >= 11 is 0. The third kappa shape index (κ3) is 3.49. The highest BCUT2D eigenvalue weighted by Crippen LogP contribution is 2.29. The van der Waals surface area contributed by atoms with Crippen LogP contribution in [0.5, 0.6) is 5.75 Å². The standard InChI is InChI=1S/C22H19NO4/c1-26-22(25)17-8-9-20-18(11-17)12-19(27-20)13-23-21(24)16-7-6-14-4-2-3-5-15(14)10-16/h2-11,19H,12-13H2,1H3,(H,23,24)/t19-/m1/s1. The van der Waals surface area contributed by atoms with Crippen LogP contribution in [0.1, 0.15) is 26.3 Å². The lowest BCUT2D eigenvalue weighted by atomic mass is 10.1. The van der Waals surface area contributed by atoms with Crippen molar-refractivity contribution >= 4 is 22.6 Å². The SMILES string of the molecule is COC(=O)c1ccc2c(c1)C[C@H](CNC(=O)c1ccc3ccccc3c1)O2. The van der Waals surface area contributed by atoms with Crippen molar-refractivity contribution in [2.45, 2.75) is 12.5 Å². The zero-order valence-corrected chi connectivity index (χ0v) is 14.9. The molecule has 4 rings (SSSR count). The summed E-state index contributed by atoms with van der Waals surface area (Å²) in [7, 11) is 1.36. The average molecular weight is 361 g/mol. The molecular weight excluding hydrogens is 342 g/mol. The molecule has 5 heteroatoms. The van der Waals surface area contributed by atoms with Crippen LogP contribution >= 0.6 is 0 Å². The van der Waals surface area contributed by atoms with Gasteiger partial charge in [-0.15, -0.1) is 0 Å². The van der Waals surface area contributed by atoms with Gasteiger partial charge >= 0.3 is 5.97 Å². The van der Waals surface area contributed by atoms with E-state index in [1.54, 1.807) is 18.2 Å². The van der Waals surface area contributed by atoms with E-state index in [-0.39, 0.29) is 18.0 Å². The molecule has 0 fully saturated rings. The van der Waals surface area contributed by atoms with Crippen LogP contribution in [0.4, 0.5) is 0 Å². The fourth-order valence-electron chi connectivity index (χ4n) is 3.32. The van der Waals surface area contributed by atoms with Gasteiger partial charge in [-0.05, 0) is 46.7 Å². The first-order valence-corrected chi connectivity index (χ1v) is 8.79. The summed E-state index contributed by atoms with van der Waals surface area (Å²) in [4.78, 5) is 24.1. The quantitative estimate of drug-likeness (QED) is 0.724. The summed E-state index contributed by atoms with van der Waals surface area (Å²) in [6.07, 6.45) is 0.482. The highest BCUT2D eigenvalue weighted by atomic mass is 16.5. The highest BCUT2D eigenvalue weighted by Gasteiger charge is 2.24. The fraction of sp³-hybridized carbons (Fsp3) is 0.182. The topological polar surface area (TPSA) is 64.6 Å². The number of methoxy groups -OCH3 is 1. The van der Waals surface area contributed by atoms with Gasteiger partial charge in [0.15, 0.2) is 0 Å². The van der Waals surface area contributed by atoms with Crippen LogP contribution in [0.3, 0.4) is 0 Å². The molecule has 0 aliphatic carbocycles. The molecule has 1 N–H and O–H groups in total. The van der Waals surface area contributed by atoms with Gasteiger partial charge in [-0.3, -0.25) is 4.79 Å². The van der Waals surface area contributed by atoms with Crippen molar-refractivity contribution in [2.24, 2.45) is 0 Å². The number of ether oxygens (including phenoxy) is 2. The zero-order valence-electron chi connectivity index (χ0n) is 14.9. The molecule has 1 atom stereocenters. The van der Waals surface area contributed by atoms with Gasteiger partial charge in [0.25, 0.3) is 5.91 Å². The van der Waals surface area contributed by atoms with Crippen molar-refractivity contribution in [3.8, 4) is 5.75 Å². The molecule has 136 valence electrons.